The number of allylic oxidation sites excluding steroid dienone is 9. The van der Waals surface area contributed by atoms with Crippen LogP contribution in [-0.4, -0.2) is 140 Å². The number of unbranched alkanes of at least 4 members (excludes halogenated alkanes) is 31. The fourth-order valence-corrected chi connectivity index (χ4v) is 10.5. The molecule has 0 radical (unpaired) electrons. The zero-order valence-corrected chi connectivity index (χ0v) is 50.3. The molecule has 12 atom stereocenters. The summed E-state index contributed by atoms with van der Waals surface area (Å²) in [6.45, 7) is 2.67. The van der Waals surface area contributed by atoms with Gasteiger partial charge >= 0.3 is 0 Å². The molecule has 2 aliphatic rings. The molecule has 0 saturated carbocycles. The van der Waals surface area contributed by atoms with Gasteiger partial charge < -0.3 is 65.1 Å². The number of aliphatic hydroxyl groups excluding tert-OH is 8. The Balaban J connectivity index is 1.68. The van der Waals surface area contributed by atoms with Gasteiger partial charge in [-0.15, -0.1) is 0 Å². The van der Waals surface area contributed by atoms with E-state index in [0.717, 1.165) is 57.8 Å². The van der Waals surface area contributed by atoms with Gasteiger partial charge in [-0.2, -0.15) is 0 Å². The molecule has 2 rings (SSSR count). The Morgan fingerprint density at radius 2 is 0.863 bits per heavy atom. The van der Waals surface area contributed by atoms with Crippen LogP contribution in [0, 0.1) is 0 Å². The van der Waals surface area contributed by atoms with E-state index < -0.39 is 86.8 Å². The maximum absolute atomic E-state index is 13.2. The molecule has 14 heteroatoms. The highest BCUT2D eigenvalue weighted by Gasteiger charge is 2.51. The summed E-state index contributed by atoms with van der Waals surface area (Å²) in [5, 5.41) is 87.1. The Kier molecular flexibility index (Phi) is 47.2. The first-order chi connectivity index (χ1) is 39.1. The molecule has 0 aliphatic carbocycles. The topological polar surface area (TPSA) is 228 Å². The van der Waals surface area contributed by atoms with Crippen LogP contribution in [0.2, 0.25) is 0 Å². The van der Waals surface area contributed by atoms with Gasteiger partial charge in [-0.05, 0) is 57.8 Å². The van der Waals surface area contributed by atoms with E-state index in [4.69, 9.17) is 18.9 Å². The molecular weight excluding hydrogens is 1010 g/mol. The molecule has 14 nitrogen and oxygen atoms in total. The molecule has 2 aliphatic heterocycles. The minimum absolute atomic E-state index is 0.227. The Morgan fingerprint density at radius 1 is 0.463 bits per heavy atom. The largest absolute Gasteiger partial charge is 0.394 e. The number of nitrogens with one attached hydrogen (secondary N) is 1. The molecule has 2 saturated heterocycles. The van der Waals surface area contributed by atoms with Gasteiger partial charge in [0.25, 0.3) is 0 Å². The highest BCUT2D eigenvalue weighted by molar-refractivity contribution is 5.76. The number of hydrogen-bond acceptors (Lipinski definition) is 13. The van der Waals surface area contributed by atoms with Crippen molar-refractivity contribution < 1.29 is 64.6 Å². The quantitative estimate of drug-likeness (QED) is 0.0204. The standard InChI is InChI=1S/C66H119NO13/c1-3-5-7-9-11-13-15-17-19-20-21-22-23-24-25-26-27-28-29-30-31-32-33-34-36-37-39-41-43-45-47-49-55(70)54(67-58(71)50-48-46-44-42-40-38-35-18-16-14-12-10-8-6-4-2)53-77-65-63(76)61(74)64(57(52-69)79-65)80-66-62(75)60(73)59(72)56(51-68)78-66/h6,8,12,14,18,35,40,42,47,49,54-57,59-66,68-70,72-76H,3-5,7,9-11,13,15-17,19-34,36-39,41,43-46,48,50-53H2,1-2H3,(H,67,71)/b8-6-,14-12-,35-18-,42-40-,49-47+. The molecule has 2 heterocycles. The van der Waals surface area contributed by atoms with Crippen molar-refractivity contribution in [3.8, 4) is 0 Å². The maximum atomic E-state index is 13.2. The number of rotatable bonds is 52. The lowest BCUT2D eigenvalue weighted by Gasteiger charge is -2.46. The number of amides is 1. The molecular formula is C66H119NO13. The van der Waals surface area contributed by atoms with Crippen LogP contribution in [0.15, 0.2) is 60.8 Å². The number of aliphatic hydroxyl groups is 8. The van der Waals surface area contributed by atoms with Crippen molar-refractivity contribution in [1.82, 2.24) is 5.32 Å². The molecule has 80 heavy (non-hydrogen) atoms. The molecule has 0 bridgehead atoms. The van der Waals surface area contributed by atoms with E-state index in [9.17, 15) is 45.6 Å². The molecule has 0 aromatic carbocycles. The predicted octanol–water partition coefficient (Wildman–Crippen LogP) is 12.1. The van der Waals surface area contributed by atoms with Gasteiger partial charge in [0, 0.05) is 6.42 Å². The zero-order valence-electron chi connectivity index (χ0n) is 50.3. The van der Waals surface area contributed by atoms with E-state index in [1.807, 2.05) is 6.08 Å². The maximum Gasteiger partial charge on any atom is 0.220 e. The second-order valence-electron chi connectivity index (χ2n) is 22.9. The van der Waals surface area contributed by atoms with Crippen LogP contribution >= 0.6 is 0 Å². The van der Waals surface area contributed by atoms with Gasteiger partial charge in [0.2, 0.25) is 5.91 Å². The second kappa shape index (κ2) is 51.1. The zero-order chi connectivity index (χ0) is 58.1. The lowest BCUT2D eigenvalue weighted by molar-refractivity contribution is -0.359. The van der Waals surface area contributed by atoms with Crippen molar-refractivity contribution in [2.24, 2.45) is 0 Å². The van der Waals surface area contributed by atoms with Crippen LogP contribution < -0.4 is 5.32 Å². The molecule has 9 N–H and O–H groups in total. The van der Waals surface area contributed by atoms with Crippen molar-refractivity contribution in [1.29, 1.82) is 0 Å². The Labute approximate surface area is 486 Å². The fraction of sp³-hybridized carbons (Fsp3) is 0.833. The third kappa shape index (κ3) is 35.7. The molecule has 466 valence electrons. The fourth-order valence-electron chi connectivity index (χ4n) is 10.5. The van der Waals surface area contributed by atoms with Crippen LogP contribution in [0.25, 0.3) is 0 Å². The summed E-state index contributed by atoms with van der Waals surface area (Å²) >= 11 is 0. The molecule has 0 aromatic heterocycles. The van der Waals surface area contributed by atoms with Crippen LogP contribution in [0.4, 0.5) is 0 Å². The SMILES string of the molecule is CC/C=C\C/C=C\C/C=C\C/C=C\CCCCC(=O)NC(COC1OC(CO)C(OC2OC(CO)C(O)C(O)C2O)C(O)C1O)C(O)/C=C/CCCCCCCCCCCCCCCCCCCCCCCCCCCCCCC. The molecule has 12 unspecified atom stereocenters. The number of hydrogen-bond donors (Lipinski definition) is 9. The van der Waals surface area contributed by atoms with E-state index in [2.05, 4.69) is 67.8 Å². The van der Waals surface area contributed by atoms with Crippen molar-refractivity contribution in [3.05, 3.63) is 60.8 Å². The van der Waals surface area contributed by atoms with Gasteiger partial charge in [-0.3, -0.25) is 4.79 Å². The smallest absolute Gasteiger partial charge is 0.220 e. The van der Waals surface area contributed by atoms with E-state index in [-0.39, 0.29) is 18.9 Å². The molecule has 2 fully saturated rings. The summed E-state index contributed by atoms with van der Waals surface area (Å²) < 4.78 is 22.8. The normalized spacial score (nSPS) is 24.6. The Hall–Kier alpha value is -2.31. The number of ether oxygens (including phenoxy) is 4. The van der Waals surface area contributed by atoms with Crippen LogP contribution in [0.3, 0.4) is 0 Å². The third-order valence-electron chi connectivity index (χ3n) is 15.7. The first-order valence-electron chi connectivity index (χ1n) is 32.5. The highest BCUT2D eigenvalue weighted by atomic mass is 16.7. The molecule has 0 spiro atoms. The Bertz CT molecular complexity index is 1570. The van der Waals surface area contributed by atoms with Gasteiger partial charge in [0.15, 0.2) is 12.6 Å². The summed E-state index contributed by atoms with van der Waals surface area (Å²) in [6.07, 6.45) is 50.1. The average molecular weight is 1130 g/mol. The van der Waals surface area contributed by atoms with Gasteiger partial charge in [-0.25, -0.2) is 0 Å². The van der Waals surface area contributed by atoms with E-state index in [1.54, 1.807) is 6.08 Å². The van der Waals surface area contributed by atoms with Crippen molar-refractivity contribution in [2.45, 2.75) is 331 Å². The van der Waals surface area contributed by atoms with E-state index >= 15 is 0 Å². The molecule has 0 aromatic rings. The van der Waals surface area contributed by atoms with Crippen LogP contribution in [0.5, 0.6) is 0 Å². The highest BCUT2D eigenvalue weighted by Crippen LogP contribution is 2.30. The van der Waals surface area contributed by atoms with E-state index in [1.165, 1.54) is 173 Å². The predicted molar refractivity (Wildman–Crippen MR) is 323 cm³/mol. The first kappa shape index (κ1) is 73.8. The van der Waals surface area contributed by atoms with Gasteiger partial charge in [0.1, 0.15) is 48.8 Å². The van der Waals surface area contributed by atoms with Crippen LogP contribution in [-0.2, 0) is 23.7 Å². The van der Waals surface area contributed by atoms with Crippen molar-refractivity contribution in [2.75, 3.05) is 19.8 Å². The average Bonchev–Trinajstić information content (AvgIpc) is 3.46. The lowest BCUT2D eigenvalue weighted by Crippen LogP contribution is -2.65. The first-order valence-corrected chi connectivity index (χ1v) is 32.5. The minimum Gasteiger partial charge on any atom is -0.394 e. The van der Waals surface area contributed by atoms with Gasteiger partial charge in [-0.1, -0.05) is 254 Å². The molecule has 1 amide bonds. The van der Waals surface area contributed by atoms with Crippen molar-refractivity contribution >= 4 is 5.91 Å². The lowest BCUT2D eigenvalue weighted by atomic mass is 9.97. The summed E-state index contributed by atoms with van der Waals surface area (Å²) in [5.41, 5.74) is 0. The third-order valence-corrected chi connectivity index (χ3v) is 15.7. The summed E-state index contributed by atoms with van der Waals surface area (Å²) in [5.74, 6) is -0.279. The van der Waals surface area contributed by atoms with Gasteiger partial charge in [0.05, 0.1) is 32.0 Å². The number of carbonyl (C=O) groups is 1. The minimum atomic E-state index is -1.79. The summed E-state index contributed by atoms with van der Waals surface area (Å²) in [4.78, 5) is 13.2. The van der Waals surface area contributed by atoms with Crippen LogP contribution in [0.1, 0.15) is 258 Å². The van der Waals surface area contributed by atoms with E-state index in [0.29, 0.717) is 6.42 Å². The summed E-state index contributed by atoms with van der Waals surface area (Å²) in [7, 11) is 0. The second-order valence-corrected chi connectivity index (χ2v) is 22.9. The monoisotopic (exact) mass is 1130 g/mol. The number of carbonyl (C=O) groups excluding carboxylic acids is 1. The Morgan fingerprint density at radius 3 is 1.32 bits per heavy atom. The van der Waals surface area contributed by atoms with Crippen molar-refractivity contribution in [3.63, 3.8) is 0 Å². The summed E-state index contributed by atoms with van der Waals surface area (Å²) in [6, 6.07) is -0.940.